The van der Waals surface area contributed by atoms with E-state index in [0.717, 1.165) is 40.7 Å². The zero-order valence-electron chi connectivity index (χ0n) is 12.6. The summed E-state index contributed by atoms with van der Waals surface area (Å²) in [5.41, 5.74) is 0. The van der Waals surface area contributed by atoms with Crippen molar-refractivity contribution >= 4 is 28.6 Å². The van der Waals surface area contributed by atoms with Gasteiger partial charge in [-0.15, -0.1) is 22.7 Å². The average Bonchev–Trinajstić information content (AvgIpc) is 3.36. The lowest BCUT2D eigenvalue weighted by Gasteiger charge is -2.33. The Labute approximate surface area is 142 Å². The number of piperidine rings is 1. The molecule has 0 unspecified atom stereocenters. The van der Waals surface area contributed by atoms with Crippen molar-refractivity contribution in [2.45, 2.75) is 19.1 Å². The van der Waals surface area contributed by atoms with Gasteiger partial charge in [0.25, 0.3) is 5.91 Å². The average molecular weight is 350 g/mol. The zero-order chi connectivity index (χ0) is 15.6. The van der Waals surface area contributed by atoms with E-state index in [1.54, 1.807) is 17.5 Å². The van der Waals surface area contributed by atoms with Crippen LogP contribution in [0.15, 0.2) is 23.7 Å². The molecule has 4 rings (SSSR count). The lowest BCUT2D eigenvalue weighted by Crippen LogP contribution is -2.41. The number of ether oxygens (including phenoxy) is 2. The number of thiazole rings is 1. The highest BCUT2D eigenvalue weighted by atomic mass is 32.1. The number of aromatic nitrogens is 1. The quantitative estimate of drug-likeness (QED) is 0.853. The Morgan fingerprint density at radius 1 is 1.26 bits per heavy atom. The molecular formula is C16H18N2O3S2. The van der Waals surface area contributed by atoms with E-state index in [4.69, 9.17) is 9.47 Å². The Morgan fingerprint density at radius 2 is 2.04 bits per heavy atom. The van der Waals surface area contributed by atoms with Crippen LogP contribution < -0.4 is 0 Å². The minimum atomic E-state index is -0.0684. The van der Waals surface area contributed by atoms with Crippen LogP contribution >= 0.6 is 22.7 Å². The molecule has 0 aliphatic carbocycles. The summed E-state index contributed by atoms with van der Waals surface area (Å²) in [4.78, 5) is 20.8. The molecule has 2 aromatic rings. The number of likely N-dealkylation sites (tertiary alicyclic amines) is 1. The lowest BCUT2D eigenvalue weighted by atomic mass is 9.96. The Kier molecular flexibility index (Phi) is 4.43. The fourth-order valence-corrected chi connectivity index (χ4v) is 4.75. The maximum absolute atomic E-state index is 12.6. The second kappa shape index (κ2) is 6.68. The molecule has 2 fully saturated rings. The molecule has 2 aromatic heterocycles. The van der Waals surface area contributed by atoms with Crippen LogP contribution in [0, 0.1) is 5.92 Å². The molecule has 2 aliphatic heterocycles. The molecule has 1 amide bonds. The van der Waals surface area contributed by atoms with Crippen LogP contribution in [-0.2, 0) is 9.47 Å². The summed E-state index contributed by atoms with van der Waals surface area (Å²) in [6.45, 7) is 2.91. The third-order valence-corrected chi connectivity index (χ3v) is 6.33. The molecule has 0 spiro atoms. The summed E-state index contributed by atoms with van der Waals surface area (Å²) in [6, 6.07) is 4.03. The molecule has 5 nitrogen and oxygen atoms in total. The summed E-state index contributed by atoms with van der Waals surface area (Å²) >= 11 is 3.12. The monoisotopic (exact) mass is 350 g/mol. The highest BCUT2D eigenvalue weighted by Crippen LogP contribution is 2.31. The zero-order valence-corrected chi connectivity index (χ0v) is 14.3. The van der Waals surface area contributed by atoms with Crippen LogP contribution in [0.5, 0.6) is 0 Å². The molecule has 0 atom stereocenters. The number of nitrogens with zero attached hydrogens (tertiary/aromatic N) is 2. The molecule has 4 heterocycles. The second-order valence-electron chi connectivity index (χ2n) is 5.75. The fourth-order valence-electron chi connectivity index (χ4n) is 3.07. The largest absolute Gasteiger partial charge is 0.350 e. The Balaban J connectivity index is 1.38. The van der Waals surface area contributed by atoms with E-state index >= 15 is 0 Å². The Bertz CT molecular complexity index is 657. The van der Waals surface area contributed by atoms with E-state index in [1.807, 2.05) is 22.4 Å². The first-order valence-corrected chi connectivity index (χ1v) is 9.53. The van der Waals surface area contributed by atoms with E-state index in [2.05, 4.69) is 4.98 Å². The molecule has 23 heavy (non-hydrogen) atoms. The molecule has 0 radical (unpaired) electrons. The van der Waals surface area contributed by atoms with Crippen molar-refractivity contribution < 1.29 is 14.3 Å². The standard InChI is InChI=1S/C16H18N2O3S2/c19-15(13-10-17-14(23-13)12-2-1-9-22-12)18-5-3-11(4-6-18)16-20-7-8-21-16/h1-2,9-11,16H,3-8H2. The number of hydrogen-bond donors (Lipinski definition) is 0. The van der Waals surface area contributed by atoms with Gasteiger partial charge in [0.05, 0.1) is 24.3 Å². The molecule has 2 saturated heterocycles. The van der Waals surface area contributed by atoms with Gasteiger partial charge in [-0.1, -0.05) is 6.07 Å². The van der Waals surface area contributed by atoms with Gasteiger partial charge in [-0.2, -0.15) is 0 Å². The van der Waals surface area contributed by atoms with Crippen molar-refractivity contribution in [2.75, 3.05) is 26.3 Å². The van der Waals surface area contributed by atoms with Crippen molar-refractivity contribution in [1.82, 2.24) is 9.88 Å². The van der Waals surface area contributed by atoms with Gasteiger partial charge in [-0.3, -0.25) is 4.79 Å². The minimum Gasteiger partial charge on any atom is -0.350 e. The fraction of sp³-hybridized carbons (Fsp3) is 0.500. The first-order valence-electron chi connectivity index (χ1n) is 7.83. The summed E-state index contributed by atoms with van der Waals surface area (Å²) in [6.07, 6.45) is 3.51. The van der Waals surface area contributed by atoms with Crippen molar-refractivity contribution in [3.63, 3.8) is 0 Å². The van der Waals surface area contributed by atoms with E-state index < -0.39 is 0 Å². The third-order valence-electron chi connectivity index (χ3n) is 4.31. The van der Waals surface area contributed by atoms with Gasteiger partial charge in [0.2, 0.25) is 0 Å². The smallest absolute Gasteiger partial charge is 0.265 e. The maximum atomic E-state index is 12.6. The molecular weight excluding hydrogens is 332 g/mol. The first-order chi connectivity index (χ1) is 11.3. The highest BCUT2D eigenvalue weighted by Gasteiger charge is 2.32. The van der Waals surface area contributed by atoms with Gasteiger partial charge in [-0.05, 0) is 24.3 Å². The topological polar surface area (TPSA) is 51.7 Å². The number of rotatable bonds is 3. The number of hydrogen-bond acceptors (Lipinski definition) is 6. The van der Waals surface area contributed by atoms with Crippen molar-refractivity contribution in [1.29, 1.82) is 0 Å². The number of thiophene rings is 1. The second-order valence-corrected chi connectivity index (χ2v) is 7.72. The van der Waals surface area contributed by atoms with Gasteiger partial charge < -0.3 is 14.4 Å². The predicted molar refractivity (Wildman–Crippen MR) is 89.7 cm³/mol. The van der Waals surface area contributed by atoms with Crippen LogP contribution in [0.1, 0.15) is 22.5 Å². The normalized spacial score (nSPS) is 20.3. The highest BCUT2D eigenvalue weighted by molar-refractivity contribution is 7.21. The third kappa shape index (κ3) is 3.19. The molecule has 7 heteroatoms. The van der Waals surface area contributed by atoms with Crippen LogP contribution in [-0.4, -0.2) is 48.4 Å². The molecule has 0 saturated carbocycles. The Hall–Kier alpha value is -1.28. The molecule has 122 valence electrons. The molecule has 0 bridgehead atoms. The number of amides is 1. The van der Waals surface area contributed by atoms with E-state index in [9.17, 15) is 4.79 Å². The van der Waals surface area contributed by atoms with E-state index in [-0.39, 0.29) is 12.2 Å². The first kappa shape index (κ1) is 15.3. The van der Waals surface area contributed by atoms with Crippen LogP contribution in [0.25, 0.3) is 9.88 Å². The van der Waals surface area contributed by atoms with Crippen LogP contribution in [0.4, 0.5) is 0 Å². The van der Waals surface area contributed by atoms with E-state index in [0.29, 0.717) is 19.1 Å². The molecule has 0 aromatic carbocycles. The van der Waals surface area contributed by atoms with Gasteiger partial charge in [0, 0.05) is 19.0 Å². The van der Waals surface area contributed by atoms with Gasteiger partial charge in [-0.25, -0.2) is 4.98 Å². The van der Waals surface area contributed by atoms with Gasteiger partial charge >= 0.3 is 0 Å². The van der Waals surface area contributed by atoms with Crippen molar-refractivity contribution in [2.24, 2.45) is 5.92 Å². The summed E-state index contributed by atoms with van der Waals surface area (Å²) in [5, 5.41) is 2.95. The molecule has 0 N–H and O–H groups in total. The maximum Gasteiger partial charge on any atom is 0.265 e. The predicted octanol–water partition coefficient (Wildman–Crippen LogP) is 3.10. The minimum absolute atomic E-state index is 0.0684. The summed E-state index contributed by atoms with van der Waals surface area (Å²) in [5.74, 6) is 0.502. The molecule has 2 aliphatic rings. The number of carbonyl (C=O) groups excluding carboxylic acids is 1. The van der Waals surface area contributed by atoms with Crippen molar-refractivity contribution in [3.05, 3.63) is 28.6 Å². The van der Waals surface area contributed by atoms with Crippen LogP contribution in [0.3, 0.4) is 0 Å². The van der Waals surface area contributed by atoms with Crippen molar-refractivity contribution in [3.8, 4) is 9.88 Å². The van der Waals surface area contributed by atoms with Gasteiger partial charge in [0.15, 0.2) is 6.29 Å². The van der Waals surface area contributed by atoms with Crippen LogP contribution in [0.2, 0.25) is 0 Å². The Morgan fingerprint density at radius 3 is 2.74 bits per heavy atom. The number of carbonyl (C=O) groups is 1. The summed E-state index contributed by atoms with van der Waals surface area (Å²) < 4.78 is 11.2. The van der Waals surface area contributed by atoms with E-state index in [1.165, 1.54) is 11.3 Å². The SMILES string of the molecule is O=C(c1cnc(-c2cccs2)s1)N1CCC(C2OCCO2)CC1. The summed E-state index contributed by atoms with van der Waals surface area (Å²) in [7, 11) is 0. The lowest BCUT2D eigenvalue weighted by molar-refractivity contribution is -0.0956. The van der Waals surface area contributed by atoms with Gasteiger partial charge in [0.1, 0.15) is 9.88 Å².